The van der Waals surface area contributed by atoms with Crippen LogP contribution in [0, 0.1) is 6.92 Å². The highest BCUT2D eigenvalue weighted by Crippen LogP contribution is 2.48. The molecule has 0 bridgehead atoms. The number of benzene rings is 3. The molecule has 10 nitrogen and oxygen atoms in total. The first-order valence-corrected chi connectivity index (χ1v) is 18.2. The Morgan fingerprint density at radius 1 is 0.459 bits per heavy atom. The van der Waals surface area contributed by atoms with Crippen molar-refractivity contribution in [3.63, 3.8) is 0 Å². The van der Waals surface area contributed by atoms with E-state index in [0.29, 0.717) is 0 Å². The van der Waals surface area contributed by atoms with Gasteiger partial charge in [-0.3, -0.25) is 0 Å². The Morgan fingerprint density at radius 2 is 0.836 bits per heavy atom. The number of ether oxygens (including phenoxy) is 1. The van der Waals surface area contributed by atoms with Gasteiger partial charge in [-0.15, -0.1) is 0 Å². The van der Waals surface area contributed by atoms with Crippen molar-refractivity contribution in [3.05, 3.63) is 81.4 Å². The average molecular weight is 992 g/mol. The molecule has 61 heavy (non-hydrogen) atoms. The Labute approximate surface area is 324 Å². The van der Waals surface area contributed by atoms with Crippen LogP contribution in [0.25, 0.3) is 0 Å². The fourth-order valence-electron chi connectivity index (χ4n) is 4.11. The van der Waals surface area contributed by atoms with Gasteiger partial charge in [0.05, 0.1) is 48.1 Å². The largest absolute Gasteiger partial charge is 0.744 e. The highest BCUT2D eigenvalue weighted by Gasteiger charge is 2.51. The van der Waals surface area contributed by atoms with Crippen molar-refractivity contribution in [1.82, 2.24) is 0 Å². The van der Waals surface area contributed by atoms with Gasteiger partial charge < -0.3 is 18.4 Å². The van der Waals surface area contributed by atoms with Gasteiger partial charge >= 0.3 is 43.2 Å². The molecular weight excluding hydrogens is 979 g/mol. The molecule has 0 unspecified atom stereocenters. The number of halogens is 21. The maximum absolute atomic E-state index is 12.6. The van der Waals surface area contributed by atoms with E-state index in [0.717, 1.165) is 12.1 Å². The Bertz CT molecular complexity index is 2360. The number of rotatable bonds is 5. The first-order valence-electron chi connectivity index (χ1n) is 14.0. The second-order valence-corrected chi connectivity index (χ2v) is 15.0. The molecule has 0 amide bonds. The first-order chi connectivity index (χ1) is 26.5. The van der Waals surface area contributed by atoms with E-state index in [2.05, 4.69) is 4.74 Å². The van der Waals surface area contributed by atoms with Gasteiger partial charge in [0.15, 0.2) is 6.61 Å². The predicted octanol–water partition coefficient (Wildman–Crippen LogP) is 9.13. The minimum atomic E-state index is -6.25. The van der Waals surface area contributed by atoms with Crippen molar-refractivity contribution in [2.24, 2.45) is 0 Å². The molecule has 0 saturated heterocycles. The molecule has 0 radical (unpaired) electrons. The van der Waals surface area contributed by atoms with Gasteiger partial charge in [-0.1, -0.05) is 6.07 Å². The minimum absolute atomic E-state index is 0.152. The number of hydrogen-bond donors (Lipinski definition) is 0. The van der Waals surface area contributed by atoms with E-state index in [4.69, 9.17) is 0 Å². The van der Waals surface area contributed by atoms with Crippen LogP contribution in [-0.2, 0) is 67.4 Å². The topological polar surface area (TPSA) is 181 Å². The Balaban J connectivity index is 0.000000462. The fraction of sp³-hybridized carbons (Fsp3) is 0.333. The quantitative estimate of drug-likeness (QED) is 0.177. The van der Waals surface area contributed by atoms with Crippen LogP contribution in [0.15, 0.2) is 57.2 Å². The molecule has 0 saturated carbocycles. The van der Waals surface area contributed by atoms with Gasteiger partial charge in [0.25, 0.3) is 0 Å². The van der Waals surface area contributed by atoms with E-state index < -0.39 is 153 Å². The molecule has 348 valence electrons. The van der Waals surface area contributed by atoms with Crippen LogP contribution >= 0.6 is 0 Å². The van der Waals surface area contributed by atoms with Crippen molar-refractivity contribution in [1.29, 1.82) is 0 Å². The number of aryl methyl sites for hydroxylation is 1. The summed E-state index contributed by atoms with van der Waals surface area (Å²) in [6, 6.07) is -0.0889. The van der Waals surface area contributed by atoms with E-state index in [-0.39, 0.29) is 11.3 Å². The lowest BCUT2D eigenvalue weighted by molar-refractivity contribution is -0.174. The van der Waals surface area contributed by atoms with Crippen LogP contribution in [0.4, 0.5) is 92.2 Å². The molecule has 3 rings (SSSR count). The van der Waals surface area contributed by atoms with Crippen LogP contribution in [-0.4, -0.2) is 51.7 Å². The average Bonchev–Trinajstić information content (AvgIpc) is 2.99. The molecule has 0 spiro atoms. The second kappa shape index (κ2) is 17.5. The molecule has 0 heterocycles. The zero-order chi connectivity index (χ0) is 48.7. The molecule has 0 atom stereocenters. The van der Waals surface area contributed by atoms with Crippen LogP contribution in [0.5, 0.6) is 5.75 Å². The van der Waals surface area contributed by atoms with Crippen molar-refractivity contribution in [2.45, 2.75) is 64.8 Å². The summed E-state index contributed by atoms with van der Waals surface area (Å²) in [6.07, 6.45) is -40.1. The van der Waals surface area contributed by atoms with E-state index in [1.165, 1.54) is 13.0 Å². The second-order valence-electron chi connectivity index (χ2n) is 11.0. The fourth-order valence-corrected chi connectivity index (χ4v) is 6.10. The molecular formula is C27H12F21O10S3-3. The van der Waals surface area contributed by atoms with Gasteiger partial charge in [0, 0.05) is 0 Å². The zero-order valence-corrected chi connectivity index (χ0v) is 30.4. The predicted molar refractivity (Wildman–Crippen MR) is 150 cm³/mol. The maximum atomic E-state index is 12.6. The van der Waals surface area contributed by atoms with Crippen molar-refractivity contribution < 1.29 is 136 Å². The monoisotopic (exact) mass is 991 g/mol. The summed E-state index contributed by atoms with van der Waals surface area (Å²) in [5.41, 5.74) is -17.0. The first kappa shape index (κ1) is 54.7. The Morgan fingerprint density at radius 3 is 1.13 bits per heavy atom. The highest BCUT2D eigenvalue weighted by molar-refractivity contribution is 7.86. The van der Waals surface area contributed by atoms with Gasteiger partial charge in [0.2, 0.25) is 0 Å². The molecule has 3 aromatic carbocycles. The highest BCUT2D eigenvalue weighted by atomic mass is 32.2. The van der Waals surface area contributed by atoms with Crippen molar-refractivity contribution in [2.75, 3.05) is 6.61 Å². The van der Waals surface area contributed by atoms with Gasteiger partial charge in [-0.05, 0) is 48.9 Å². The van der Waals surface area contributed by atoms with Crippen LogP contribution in [0.1, 0.15) is 38.9 Å². The summed E-state index contributed by atoms with van der Waals surface area (Å²) in [5.74, 6) is -0.317. The SMILES string of the molecule is Cc1ccc(OCC(F)(F)F)cc1S(=O)(=O)[O-].O=S(=O)([O-])c1cc(C(F)(F)F)c(C(F)(F)F)c(C(F)(F)F)c1.O=S(=O)([O-])c1cc(C(F)(F)F)cc(C(F)(F)F)c1C(F)(F)F. The van der Waals surface area contributed by atoms with E-state index in [9.17, 15) is 131 Å². The molecule has 0 aliphatic carbocycles. The molecule has 0 aliphatic heterocycles. The lowest BCUT2D eigenvalue weighted by Gasteiger charge is -2.22. The Kier molecular flexibility index (Phi) is 15.7. The maximum Gasteiger partial charge on any atom is 0.422 e. The smallest absolute Gasteiger partial charge is 0.422 e. The molecule has 0 aliphatic rings. The zero-order valence-electron chi connectivity index (χ0n) is 28.0. The third kappa shape index (κ3) is 15.9. The third-order valence-electron chi connectivity index (χ3n) is 6.41. The third-order valence-corrected chi connectivity index (χ3v) is 9.07. The lowest BCUT2D eigenvalue weighted by Crippen LogP contribution is -2.24. The molecule has 0 N–H and O–H groups in total. The van der Waals surface area contributed by atoms with Crippen LogP contribution in [0.2, 0.25) is 0 Å². The summed E-state index contributed by atoms with van der Waals surface area (Å²) >= 11 is 0. The van der Waals surface area contributed by atoms with E-state index in [1.807, 2.05) is 0 Å². The van der Waals surface area contributed by atoms with Gasteiger partial charge in [-0.25, -0.2) is 25.3 Å². The molecule has 3 aromatic rings. The normalized spacial score (nSPS) is 13.8. The standard InChI is InChI=1S/2C9H3F9O3S.C9H9F3O4S/c10-7(11,12)4-1-3(22(19,20)21)2-5(8(13,14)15)6(4)9(16,17)18;10-7(11,12)3-1-4(8(13,14)15)6(9(16,17)18)5(2-3)22(19,20)21;1-6-2-3-7(16-5-9(10,11)12)4-8(6)17(13,14)15/h2*1-2H,(H,19,20,21);2-4H,5H2,1H3,(H,13,14,15)/p-3. The van der Waals surface area contributed by atoms with Gasteiger partial charge in [-0.2, -0.15) is 92.2 Å². The summed E-state index contributed by atoms with van der Waals surface area (Å²) in [6.45, 7) is -0.188. The molecule has 0 fully saturated rings. The van der Waals surface area contributed by atoms with Crippen molar-refractivity contribution in [3.8, 4) is 5.75 Å². The molecule has 0 aromatic heterocycles. The number of hydrogen-bond acceptors (Lipinski definition) is 10. The minimum Gasteiger partial charge on any atom is -0.744 e. The summed E-state index contributed by atoms with van der Waals surface area (Å²) in [7, 11) is -16.8. The van der Waals surface area contributed by atoms with Crippen LogP contribution in [0.3, 0.4) is 0 Å². The van der Waals surface area contributed by atoms with E-state index in [1.54, 1.807) is 0 Å². The van der Waals surface area contributed by atoms with Gasteiger partial charge in [0.1, 0.15) is 36.1 Å². The van der Waals surface area contributed by atoms with Crippen molar-refractivity contribution >= 4 is 30.4 Å². The van der Waals surface area contributed by atoms with E-state index >= 15 is 0 Å². The summed E-state index contributed by atoms with van der Waals surface area (Å²) < 4.78 is 362. The molecule has 34 heteroatoms. The summed E-state index contributed by atoms with van der Waals surface area (Å²) in [4.78, 5) is -5.29. The Hall–Kier alpha value is -4.28. The number of alkyl halides is 21. The van der Waals surface area contributed by atoms with Crippen LogP contribution < -0.4 is 4.74 Å². The summed E-state index contributed by atoms with van der Waals surface area (Å²) in [5, 5.41) is 0. The lowest BCUT2D eigenvalue weighted by atomic mass is 9.99.